The van der Waals surface area contributed by atoms with Gasteiger partial charge in [-0.1, -0.05) is 30.3 Å². The zero-order valence-electron chi connectivity index (χ0n) is 13.4. The number of sulfonamides is 1. The molecule has 0 spiro atoms. The van der Waals surface area contributed by atoms with E-state index in [0.717, 1.165) is 5.56 Å². The van der Waals surface area contributed by atoms with Crippen LogP contribution in [0.1, 0.15) is 22.6 Å². The van der Waals surface area contributed by atoms with Crippen LogP contribution >= 0.6 is 0 Å². The summed E-state index contributed by atoms with van der Waals surface area (Å²) in [5.41, 5.74) is 8.39. The molecule has 2 N–H and O–H groups in total. The van der Waals surface area contributed by atoms with Gasteiger partial charge in [0.05, 0.1) is 16.5 Å². The summed E-state index contributed by atoms with van der Waals surface area (Å²) in [6, 6.07) is 16.2. The third-order valence-corrected chi connectivity index (χ3v) is 6.34. The maximum atomic E-state index is 12.9. The molecule has 6 heteroatoms. The molecule has 1 heterocycles. The molecule has 2 aromatic carbocycles. The molecule has 1 fully saturated rings. The van der Waals surface area contributed by atoms with E-state index in [-0.39, 0.29) is 16.9 Å². The lowest BCUT2D eigenvalue weighted by Crippen LogP contribution is -2.32. The second-order valence-electron chi connectivity index (χ2n) is 6.09. The van der Waals surface area contributed by atoms with Crippen molar-refractivity contribution in [1.82, 2.24) is 4.31 Å². The molecule has 0 aromatic heterocycles. The average Bonchev–Trinajstić information content (AvgIpc) is 2.98. The van der Waals surface area contributed by atoms with E-state index in [1.807, 2.05) is 30.3 Å². The Kier molecular flexibility index (Phi) is 4.41. The standard InChI is InChI=1S/C18H19N3O2S/c1-13-9-16(8-7-15(13)10-19)24(22,23)21-11-17(18(20)12-21)14-5-3-2-4-6-14/h2-9,17-18H,11-12,20H2,1H3/t17-,18+/m0/s1. The van der Waals surface area contributed by atoms with Crippen molar-refractivity contribution in [3.05, 3.63) is 65.2 Å². The van der Waals surface area contributed by atoms with Gasteiger partial charge in [-0.15, -0.1) is 0 Å². The van der Waals surface area contributed by atoms with Gasteiger partial charge in [0.15, 0.2) is 0 Å². The largest absolute Gasteiger partial charge is 0.326 e. The summed E-state index contributed by atoms with van der Waals surface area (Å²) in [7, 11) is -3.62. The highest BCUT2D eigenvalue weighted by molar-refractivity contribution is 7.89. The predicted molar refractivity (Wildman–Crippen MR) is 91.8 cm³/mol. The third kappa shape index (κ3) is 2.94. The van der Waals surface area contributed by atoms with Crippen molar-refractivity contribution in [3.8, 4) is 6.07 Å². The normalized spacial score (nSPS) is 21.5. The van der Waals surface area contributed by atoms with Crippen LogP contribution in [-0.2, 0) is 10.0 Å². The molecule has 2 aromatic rings. The number of nitrogens with zero attached hydrogens (tertiary/aromatic N) is 2. The first-order valence-electron chi connectivity index (χ1n) is 7.75. The van der Waals surface area contributed by atoms with Gasteiger partial charge in [0.1, 0.15) is 0 Å². The topological polar surface area (TPSA) is 87.2 Å². The monoisotopic (exact) mass is 341 g/mol. The zero-order valence-corrected chi connectivity index (χ0v) is 14.2. The molecule has 24 heavy (non-hydrogen) atoms. The highest BCUT2D eigenvalue weighted by Gasteiger charge is 2.38. The van der Waals surface area contributed by atoms with Crippen LogP contribution in [0.15, 0.2) is 53.4 Å². The van der Waals surface area contributed by atoms with E-state index < -0.39 is 10.0 Å². The molecule has 3 rings (SSSR count). The summed E-state index contributed by atoms with van der Waals surface area (Å²) in [5, 5.41) is 8.99. The van der Waals surface area contributed by atoms with Gasteiger partial charge in [-0.25, -0.2) is 8.42 Å². The van der Waals surface area contributed by atoms with Gasteiger partial charge in [-0.3, -0.25) is 0 Å². The van der Waals surface area contributed by atoms with Crippen LogP contribution in [0.3, 0.4) is 0 Å². The number of nitriles is 1. The van der Waals surface area contributed by atoms with E-state index in [0.29, 0.717) is 24.2 Å². The molecule has 124 valence electrons. The fourth-order valence-corrected chi connectivity index (χ4v) is 4.70. The Labute approximate surface area is 142 Å². The fraction of sp³-hybridized carbons (Fsp3) is 0.278. The molecule has 1 aliphatic rings. The van der Waals surface area contributed by atoms with Crippen molar-refractivity contribution in [2.45, 2.75) is 23.8 Å². The first-order chi connectivity index (χ1) is 11.4. The van der Waals surface area contributed by atoms with E-state index in [2.05, 4.69) is 6.07 Å². The maximum Gasteiger partial charge on any atom is 0.243 e. The molecule has 0 bridgehead atoms. The van der Waals surface area contributed by atoms with Crippen LogP contribution in [0.2, 0.25) is 0 Å². The Morgan fingerprint density at radius 2 is 1.88 bits per heavy atom. The summed E-state index contributed by atoms with van der Waals surface area (Å²) >= 11 is 0. The predicted octanol–water partition coefficient (Wildman–Crippen LogP) is 1.98. The van der Waals surface area contributed by atoms with Crippen LogP contribution in [0, 0.1) is 18.3 Å². The number of benzene rings is 2. The quantitative estimate of drug-likeness (QED) is 0.925. The van der Waals surface area contributed by atoms with Crippen molar-refractivity contribution in [1.29, 1.82) is 5.26 Å². The molecular formula is C18H19N3O2S. The summed E-state index contributed by atoms with van der Waals surface area (Å²) in [5.74, 6) is -0.0135. The summed E-state index contributed by atoms with van der Waals surface area (Å²) in [6.07, 6.45) is 0. The molecule has 0 aliphatic carbocycles. The van der Waals surface area contributed by atoms with E-state index in [1.54, 1.807) is 19.1 Å². The summed E-state index contributed by atoms with van der Waals surface area (Å²) in [6.45, 7) is 2.40. The first kappa shape index (κ1) is 16.7. The van der Waals surface area contributed by atoms with E-state index >= 15 is 0 Å². The Morgan fingerprint density at radius 1 is 1.17 bits per heavy atom. The minimum absolute atomic E-state index is 0.0135. The van der Waals surface area contributed by atoms with Crippen molar-refractivity contribution < 1.29 is 8.42 Å². The summed E-state index contributed by atoms with van der Waals surface area (Å²) < 4.78 is 27.2. The highest BCUT2D eigenvalue weighted by atomic mass is 32.2. The smallest absolute Gasteiger partial charge is 0.243 e. The lowest BCUT2D eigenvalue weighted by Gasteiger charge is -2.17. The summed E-state index contributed by atoms with van der Waals surface area (Å²) in [4.78, 5) is 0.208. The van der Waals surface area contributed by atoms with E-state index in [4.69, 9.17) is 11.0 Å². The lowest BCUT2D eigenvalue weighted by atomic mass is 9.95. The highest BCUT2D eigenvalue weighted by Crippen LogP contribution is 2.30. The Bertz CT molecular complexity index is 888. The number of hydrogen-bond acceptors (Lipinski definition) is 4. The number of nitrogens with two attached hydrogens (primary N) is 1. The number of aryl methyl sites for hydroxylation is 1. The van der Waals surface area contributed by atoms with Gasteiger partial charge in [0.2, 0.25) is 10.0 Å². The fourth-order valence-electron chi connectivity index (χ4n) is 3.11. The molecule has 0 saturated carbocycles. The second-order valence-corrected chi connectivity index (χ2v) is 8.03. The Hall–Kier alpha value is -2.20. The maximum absolute atomic E-state index is 12.9. The average molecular weight is 341 g/mol. The molecule has 1 aliphatic heterocycles. The van der Waals surface area contributed by atoms with E-state index in [1.165, 1.54) is 10.4 Å². The second kappa shape index (κ2) is 6.36. The molecule has 5 nitrogen and oxygen atoms in total. The van der Waals surface area contributed by atoms with Crippen molar-refractivity contribution in [2.75, 3.05) is 13.1 Å². The molecular weight excluding hydrogens is 322 g/mol. The lowest BCUT2D eigenvalue weighted by molar-refractivity contribution is 0.470. The van der Waals surface area contributed by atoms with Crippen molar-refractivity contribution in [2.24, 2.45) is 5.73 Å². The van der Waals surface area contributed by atoms with Crippen molar-refractivity contribution >= 4 is 10.0 Å². The molecule has 1 saturated heterocycles. The van der Waals surface area contributed by atoms with Gasteiger partial charge in [0.25, 0.3) is 0 Å². The van der Waals surface area contributed by atoms with Crippen LogP contribution in [0.4, 0.5) is 0 Å². The Morgan fingerprint density at radius 3 is 2.50 bits per heavy atom. The third-order valence-electron chi connectivity index (χ3n) is 4.52. The van der Waals surface area contributed by atoms with Gasteiger partial charge in [-0.05, 0) is 36.2 Å². The van der Waals surface area contributed by atoms with Gasteiger partial charge < -0.3 is 5.73 Å². The zero-order chi connectivity index (χ0) is 17.3. The minimum Gasteiger partial charge on any atom is -0.326 e. The number of rotatable bonds is 3. The van der Waals surface area contributed by atoms with Gasteiger partial charge in [0, 0.05) is 25.0 Å². The van der Waals surface area contributed by atoms with E-state index in [9.17, 15) is 8.42 Å². The minimum atomic E-state index is -3.62. The van der Waals surface area contributed by atoms with Crippen LogP contribution in [0.5, 0.6) is 0 Å². The van der Waals surface area contributed by atoms with Crippen LogP contribution < -0.4 is 5.73 Å². The number of hydrogen-bond donors (Lipinski definition) is 1. The van der Waals surface area contributed by atoms with Gasteiger partial charge in [-0.2, -0.15) is 9.57 Å². The van der Waals surface area contributed by atoms with Crippen LogP contribution in [0.25, 0.3) is 0 Å². The molecule has 0 amide bonds. The molecule has 0 radical (unpaired) electrons. The van der Waals surface area contributed by atoms with Gasteiger partial charge >= 0.3 is 0 Å². The molecule has 0 unspecified atom stereocenters. The SMILES string of the molecule is Cc1cc(S(=O)(=O)N2C[C@@H](N)[C@H](c3ccccc3)C2)ccc1C#N. The molecule has 2 atom stereocenters. The van der Waals surface area contributed by atoms with Crippen molar-refractivity contribution in [3.63, 3.8) is 0 Å². The first-order valence-corrected chi connectivity index (χ1v) is 9.19. The Balaban J connectivity index is 1.89. The van der Waals surface area contributed by atoms with Crippen LogP contribution in [-0.4, -0.2) is 31.9 Å².